The van der Waals surface area contributed by atoms with E-state index >= 15 is 0 Å². The van der Waals surface area contributed by atoms with E-state index in [4.69, 9.17) is 4.63 Å². The van der Waals surface area contributed by atoms with Crippen molar-refractivity contribution in [1.82, 2.24) is 15.6 Å². The SMILES string of the molecule is O=[N+]([O-])c1ccc(N2CCC(S(=O)(=O)C3=CC=CCN3)CC2)c2nonc12. The number of dihydropyridines is 1. The second kappa shape index (κ2) is 6.65. The van der Waals surface area contributed by atoms with Gasteiger partial charge in [-0.15, -0.1) is 0 Å². The Labute approximate surface area is 154 Å². The zero-order valence-electron chi connectivity index (χ0n) is 14.2. The molecule has 1 N–H and O–H groups in total. The van der Waals surface area contributed by atoms with E-state index in [0.717, 1.165) is 0 Å². The lowest BCUT2D eigenvalue weighted by Crippen LogP contribution is -2.41. The van der Waals surface area contributed by atoms with E-state index in [1.54, 1.807) is 18.2 Å². The molecule has 10 nitrogen and oxygen atoms in total. The van der Waals surface area contributed by atoms with Crippen LogP contribution >= 0.6 is 0 Å². The minimum atomic E-state index is -3.40. The number of sulfone groups is 1. The molecule has 1 aromatic heterocycles. The van der Waals surface area contributed by atoms with Gasteiger partial charge in [0.1, 0.15) is 5.03 Å². The van der Waals surface area contributed by atoms with Crippen molar-refractivity contribution in [3.8, 4) is 0 Å². The van der Waals surface area contributed by atoms with Crippen molar-refractivity contribution in [2.75, 3.05) is 24.5 Å². The van der Waals surface area contributed by atoms with Crippen LogP contribution in [0.5, 0.6) is 0 Å². The third-order valence-corrected chi connectivity index (χ3v) is 7.12. The Kier molecular flexibility index (Phi) is 4.30. The maximum Gasteiger partial charge on any atom is 0.300 e. The highest BCUT2D eigenvalue weighted by molar-refractivity contribution is 7.95. The molecule has 2 aromatic rings. The van der Waals surface area contributed by atoms with Crippen molar-refractivity contribution in [2.45, 2.75) is 18.1 Å². The van der Waals surface area contributed by atoms with Gasteiger partial charge < -0.3 is 10.2 Å². The number of hydrogen-bond donors (Lipinski definition) is 1. The van der Waals surface area contributed by atoms with Crippen LogP contribution in [0.1, 0.15) is 12.8 Å². The van der Waals surface area contributed by atoms with Crippen LogP contribution in [0.2, 0.25) is 0 Å². The van der Waals surface area contributed by atoms with Crippen LogP contribution in [-0.4, -0.2) is 48.5 Å². The molecule has 0 atom stereocenters. The van der Waals surface area contributed by atoms with Crippen molar-refractivity contribution in [3.63, 3.8) is 0 Å². The molecule has 0 spiro atoms. The van der Waals surface area contributed by atoms with E-state index in [-0.39, 0.29) is 16.2 Å². The molecule has 2 aliphatic heterocycles. The third-order valence-electron chi connectivity index (χ3n) is 4.88. The topological polar surface area (TPSA) is 131 Å². The number of nitro groups is 1. The molecule has 0 amide bonds. The van der Waals surface area contributed by atoms with Crippen molar-refractivity contribution >= 4 is 32.2 Å². The summed E-state index contributed by atoms with van der Waals surface area (Å²) < 4.78 is 30.3. The second-order valence-electron chi connectivity index (χ2n) is 6.39. The number of nitrogens with zero attached hydrogens (tertiary/aromatic N) is 4. The number of piperidine rings is 1. The highest BCUT2D eigenvalue weighted by Crippen LogP contribution is 2.33. The quantitative estimate of drug-likeness (QED) is 0.608. The van der Waals surface area contributed by atoms with Gasteiger partial charge in [0.2, 0.25) is 5.52 Å². The summed E-state index contributed by atoms with van der Waals surface area (Å²) in [6.07, 6.45) is 6.09. The first-order chi connectivity index (χ1) is 13.0. The molecule has 0 unspecified atom stereocenters. The normalized spacial score (nSPS) is 18.4. The molecule has 0 aliphatic carbocycles. The maximum absolute atomic E-state index is 12.8. The number of non-ortho nitro benzene ring substituents is 1. The Morgan fingerprint density at radius 1 is 1.22 bits per heavy atom. The van der Waals surface area contributed by atoms with Gasteiger partial charge in [-0.05, 0) is 35.3 Å². The molecule has 0 bridgehead atoms. The van der Waals surface area contributed by atoms with E-state index in [1.807, 2.05) is 11.0 Å². The Hall–Kier alpha value is -2.95. The van der Waals surface area contributed by atoms with Crippen molar-refractivity contribution in [3.05, 3.63) is 45.5 Å². The zero-order chi connectivity index (χ0) is 19.0. The summed E-state index contributed by atoms with van der Waals surface area (Å²) >= 11 is 0. The Morgan fingerprint density at radius 3 is 2.63 bits per heavy atom. The number of aromatic nitrogens is 2. The molecule has 0 radical (unpaired) electrons. The number of nitro benzene ring substituents is 1. The van der Waals surface area contributed by atoms with Gasteiger partial charge in [0, 0.05) is 25.7 Å². The zero-order valence-corrected chi connectivity index (χ0v) is 15.1. The Balaban J connectivity index is 1.55. The predicted octanol–water partition coefficient (Wildman–Crippen LogP) is 1.52. The standard InChI is InChI=1S/C16H17N5O5S/c22-21(23)13-5-4-12(15-16(13)19-26-18-15)20-9-6-11(7-10-20)27(24,25)14-3-1-2-8-17-14/h1-5,11,17H,6-10H2. The summed E-state index contributed by atoms with van der Waals surface area (Å²) in [5.74, 6) is 0. The number of benzene rings is 1. The minimum absolute atomic E-state index is 0.0931. The molecule has 3 heterocycles. The highest BCUT2D eigenvalue weighted by Gasteiger charge is 2.34. The highest BCUT2D eigenvalue weighted by atomic mass is 32.2. The van der Waals surface area contributed by atoms with Crippen molar-refractivity contribution in [1.29, 1.82) is 0 Å². The van der Waals surface area contributed by atoms with Crippen LogP contribution in [0.4, 0.5) is 11.4 Å². The van der Waals surface area contributed by atoms with Gasteiger partial charge in [0.05, 0.1) is 15.9 Å². The number of anilines is 1. The van der Waals surface area contributed by atoms with E-state index in [2.05, 4.69) is 15.6 Å². The summed E-state index contributed by atoms with van der Waals surface area (Å²) in [6, 6.07) is 2.98. The molecule has 142 valence electrons. The average molecular weight is 391 g/mol. The van der Waals surface area contributed by atoms with E-state index in [0.29, 0.717) is 43.7 Å². The summed E-state index contributed by atoms with van der Waals surface area (Å²) in [6.45, 7) is 1.49. The molecule has 4 rings (SSSR count). The number of nitrogens with one attached hydrogen (secondary N) is 1. The lowest BCUT2D eigenvalue weighted by molar-refractivity contribution is -0.383. The molecule has 1 fully saturated rings. The maximum atomic E-state index is 12.8. The predicted molar refractivity (Wildman–Crippen MR) is 97.8 cm³/mol. The molecule has 1 saturated heterocycles. The molecular formula is C16H17N5O5S. The fraction of sp³-hybridized carbons (Fsp3) is 0.375. The molecule has 27 heavy (non-hydrogen) atoms. The largest absolute Gasteiger partial charge is 0.372 e. The van der Waals surface area contributed by atoms with E-state index in [1.165, 1.54) is 6.07 Å². The van der Waals surface area contributed by atoms with E-state index in [9.17, 15) is 18.5 Å². The van der Waals surface area contributed by atoms with Crippen molar-refractivity contribution < 1.29 is 18.0 Å². The number of allylic oxidation sites excluding steroid dienone is 2. The van der Waals surface area contributed by atoms with Gasteiger partial charge in [-0.3, -0.25) is 10.1 Å². The van der Waals surface area contributed by atoms with Gasteiger partial charge in [0.15, 0.2) is 15.4 Å². The molecule has 2 aliphatic rings. The summed E-state index contributed by atoms with van der Waals surface area (Å²) in [5, 5.41) is 21.3. The molecule has 11 heteroatoms. The fourth-order valence-electron chi connectivity index (χ4n) is 3.47. The lowest BCUT2D eigenvalue weighted by atomic mass is 10.1. The number of hydrogen-bond acceptors (Lipinski definition) is 9. The minimum Gasteiger partial charge on any atom is -0.372 e. The van der Waals surface area contributed by atoms with E-state index < -0.39 is 20.0 Å². The van der Waals surface area contributed by atoms with Gasteiger partial charge in [-0.25, -0.2) is 13.0 Å². The first kappa shape index (κ1) is 17.5. The van der Waals surface area contributed by atoms with Gasteiger partial charge in [-0.2, -0.15) is 0 Å². The van der Waals surface area contributed by atoms with Crippen LogP contribution in [0, 0.1) is 10.1 Å². The summed E-state index contributed by atoms with van der Waals surface area (Å²) in [4.78, 5) is 12.5. The number of rotatable bonds is 4. The van der Waals surface area contributed by atoms with Gasteiger partial charge in [0.25, 0.3) is 0 Å². The molecule has 0 saturated carbocycles. The second-order valence-corrected chi connectivity index (χ2v) is 8.59. The van der Waals surface area contributed by atoms with Crippen LogP contribution in [0.15, 0.2) is 40.0 Å². The van der Waals surface area contributed by atoms with Gasteiger partial charge in [-0.1, -0.05) is 12.2 Å². The Morgan fingerprint density at radius 2 is 1.96 bits per heavy atom. The van der Waals surface area contributed by atoms with Crippen molar-refractivity contribution in [2.24, 2.45) is 0 Å². The Bertz CT molecular complexity index is 1050. The smallest absolute Gasteiger partial charge is 0.300 e. The third kappa shape index (κ3) is 3.03. The first-order valence-electron chi connectivity index (χ1n) is 8.47. The average Bonchev–Trinajstić information content (AvgIpc) is 3.17. The van der Waals surface area contributed by atoms with Crippen LogP contribution in [0.3, 0.4) is 0 Å². The summed E-state index contributed by atoms with van der Waals surface area (Å²) in [5.41, 5.74) is 0.893. The fourth-order valence-corrected chi connectivity index (χ4v) is 5.21. The monoisotopic (exact) mass is 391 g/mol. The van der Waals surface area contributed by atoms with Crippen LogP contribution < -0.4 is 10.2 Å². The number of fused-ring (bicyclic) bond motifs is 1. The lowest BCUT2D eigenvalue weighted by Gasteiger charge is -2.33. The molecular weight excluding hydrogens is 374 g/mol. The van der Waals surface area contributed by atoms with Gasteiger partial charge >= 0.3 is 5.69 Å². The first-order valence-corrected chi connectivity index (χ1v) is 10.0. The summed E-state index contributed by atoms with van der Waals surface area (Å²) in [7, 11) is -3.40. The molecule has 1 aromatic carbocycles. The van der Waals surface area contributed by atoms with Crippen LogP contribution in [0.25, 0.3) is 11.0 Å². The van der Waals surface area contributed by atoms with Crippen LogP contribution in [-0.2, 0) is 9.84 Å².